The van der Waals surface area contributed by atoms with Crippen molar-refractivity contribution >= 4 is 41.1 Å². The van der Waals surface area contributed by atoms with Gasteiger partial charge in [0.15, 0.2) is 0 Å². The summed E-state index contributed by atoms with van der Waals surface area (Å²) < 4.78 is 31.0. The molecule has 7 atom stereocenters. The Morgan fingerprint density at radius 1 is 1.14 bits per heavy atom. The summed E-state index contributed by atoms with van der Waals surface area (Å²) in [5.41, 5.74) is -1.23. The molecule has 1 amide bonds. The Bertz CT molecular complexity index is 1330. The number of hydrogen-bond acceptors (Lipinski definition) is 6. The van der Waals surface area contributed by atoms with Crippen LogP contribution >= 0.6 is 23.2 Å². The zero-order valence-corrected chi connectivity index (χ0v) is 26.4. The highest BCUT2D eigenvalue weighted by Crippen LogP contribution is 2.53. The maximum absolute atomic E-state index is 15.9. The fourth-order valence-corrected chi connectivity index (χ4v) is 7.28. The maximum atomic E-state index is 15.9. The summed E-state index contributed by atoms with van der Waals surface area (Å²) in [5, 5.41) is 28.7. The lowest BCUT2D eigenvalue weighted by atomic mass is 9.62. The number of anilines is 1. The lowest BCUT2D eigenvalue weighted by Crippen LogP contribution is -2.47. The quantitative estimate of drug-likeness (QED) is 0.177. The van der Waals surface area contributed by atoms with E-state index < -0.39 is 53.2 Å². The highest BCUT2D eigenvalue weighted by atomic mass is 35.5. The number of halogens is 4. The molecule has 0 aromatic heterocycles. The van der Waals surface area contributed by atoms with Crippen molar-refractivity contribution in [2.24, 2.45) is 11.3 Å². The Morgan fingerprint density at radius 3 is 2.42 bits per heavy atom. The van der Waals surface area contributed by atoms with E-state index >= 15 is 8.78 Å². The van der Waals surface area contributed by atoms with Gasteiger partial charge in [-0.15, -0.1) is 0 Å². The first-order valence-corrected chi connectivity index (χ1v) is 15.5. The van der Waals surface area contributed by atoms with Crippen LogP contribution in [0.4, 0.5) is 14.5 Å². The minimum atomic E-state index is -1.60. The second kappa shape index (κ2) is 13.4. The summed E-state index contributed by atoms with van der Waals surface area (Å²) >= 11 is 12.4. The van der Waals surface area contributed by atoms with Gasteiger partial charge in [0.25, 0.3) is 0 Å². The summed E-state index contributed by atoms with van der Waals surface area (Å²) in [7, 11) is 1.62. The van der Waals surface area contributed by atoms with Gasteiger partial charge >= 0.3 is 0 Å². The SMILES string of the molecule is CNc1cc(Cl)c(F)cc1[C@]1(C=O)[C@@H](CC(C)(C)C)N[C@@H](C(=O)NCCCC2C[C@@H](O)[C@@H](O)C2)[C@@H]1c1cccc(Cl)c1F. The molecule has 1 aliphatic heterocycles. The van der Waals surface area contributed by atoms with Gasteiger partial charge in [-0.1, -0.05) is 56.1 Å². The first kappa shape index (κ1) is 33.6. The van der Waals surface area contributed by atoms with Crippen LogP contribution in [-0.4, -0.2) is 60.3 Å². The van der Waals surface area contributed by atoms with E-state index in [2.05, 4.69) is 16.0 Å². The van der Waals surface area contributed by atoms with E-state index in [1.165, 1.54) is 24.3 Å². The second-order valence-electron chi connectivity index (χ2n) is 13.1. The van der Waals surface area contributed by atoms with Crippen LogP contribution < -0.4 is 16.0 Å². The molecule has 0 radical (unpaired) electrons. The average molecular weight is 641 g/mol. The molecule has 2 aromatic carbocycles. The maximum Gasteiger partial charge on any atom is 0.237 e. The molecule has 0 bridgehead atoms. The smallest absolute Gasteiger partial charge is 0.237 e. The first-order valence-electron chi connectivity index (χ1n) is 14.7. The van der Waals surface area contributed by atoms with E-state index in [9.17, 15) is 19.8 Å². The largest absolute Gasteiger partial charge is 0.390 e. The summed E-state index contributed by atoms with van der Waals surface area (Å²) in [6, 6.07) is 5.29. The molecule has 5 N–H and O–H groups in total. The summed E-state index contributed by atoms with van der Waals surface area (Å²) in [6.07, 6.45) is 1.98. The number of amides is 1. The minimum absolute atomic E-state index is 0.0648. The molecular weight excluding hydrogens is 599 g/mol. The molecule has 0 spiro atoms. The number of rotatable bonds is 10. The van der Waals surface area contributed by atoms with Gasteiger partial charge in [0.2, 0.25) is 5.91 Å². The summed E-state index contributed by atoms with van der Waals surface area (Å²) in [5.74, 6) is -2.87. The standard InChI is InChI=1S/C32H41Cl2F2N3O4/c1-31(2,3)15-26-32(16-40,19-13-22(35)21(34)14-23(19)37-4)27(18-8-5-9-20(33)28(18)36)29(39-26)30(43)38-10-6-7-17-11-24(41)25(42)12-17/h5,8-9,13-14,16-17,24-27,29,37,39,41-42H,6-7,10-12,15H2,1-4H3,(H,38,43)/t17?,24-,25+,26-,27+,29-,32-/m1/s1. The fraction of sp³-hybridized carbons (Fsp3) is 0.562. The number of carbonyl (C=O) groups is 2. The number of aldehydes is 1. The van der Waals surface area contributed by atoms with Gasteiger partial charge < -0.3 is 31.0 Å². The molecule has 7 nitrogen and oxygen atoms in total. The summed E-state index contributed by atoms with van der Waals surface area (Å²) in [6.45, 7) is 6.28. The third kappa shape index (κ3) is 6.86. The normalized spacial score (nSPS) is 29.1. The Balaban J connectivity index is 1.78. The monoisotopic (exact) mass is 639 g/mol. The molecule has 2 aliphatic rings. The number of nitrogens with one attached hydrogen (secondary N) is 3. The van der Waals surface area contributed by atoms with E-state index in [4.69, 9.17) is 23.2 Å². The van der Waals surface area contributed by atoms with Crippen LogP contribution in [0, 0.1) is 23.0 Å². The Hall–Kier alpha value is -2.30. The van der Waals surface area contributed by atoms with E-state index in [0.717, 1.165) is 0 Å². The number of hydrogen-bond donors (Lipinski definition) is 5. The van der Waals surface area contributed by atoms with Crippen molar-refractivity contribution in [1.29, 1.82) is 0 Å². The van der Waals surface area contributed by atoms with Crippen LogP contribution in [0.25, 0.3) is 0 Å². The molecule has 1 saturated heterocycles. The third-order valence-electron chi connectivity index (χ3n) is 8.89. The topological polar surface area (TPSA) is 111 Å². The van der Waals surface area contributed by atoms with Gasteiger partial charge in [-0.2, -0.15) is 0 Å². The van der Waals surface area contributed by atoms with E-state index in [1.54, 1.807) is 13.1 Å². The van der Waals surface area contributed by atoms with Gasteiger partial charge in [-0.05, 0) is 72.8 Å². The van der Waals surface area contributed by atoms with Crippen molar-refractivity contribution < 1.29 is 28.6 Å². The van der Waals surface area contributed by atoms with Gasteiger partial charge in [0, 0.05) is 31.2 Å². The van der Waals surface area contributed by atoms with E-state index in [-0.39, 0.29) is 32.5 Å². The molecule has 1 aliphatic carbocycles. The van der Waals surface area contributed by atoms with Crippen LogP contribution in [-0.2, 0) is 15.0 Å². The Kier molecular flexibility index (Phi) is 10.4. The van der Waals surface area contributed by atoms with Gasteiger partial charge in [-0.25, -0.2) is 8.78 Å². The van der Waals surface area contributed by atoms with Gasteiger partial charge in [0.05, 0.1) is 33.7 Å². The molecule has 4 rings (SSSR count). The molecule has 11 heteroatoms. The minimum Gasteiger partial charge on any atom is -0.390 e. The molecule has 43 heavy (non-hydrogen) atoms. The average Bonchev–Trinajstić information content (AvgIpc) is 3.44. The first-order chi connectivity index (χ1) is 20.2. The zero-order valence-electron chi connectivity index (χ0n) is 24.9. The van der Waals surface area contributed by atoms with Crippen LogP contribution in [0.3, 0.4) is 0 Å². The molecule has 1 saturated carbocycles. The molecule has 1 heterocycles. The molecule has 2 aromatic rings. The lowest BCUT2D eigenvalue weighted by molar-refractivity contribution is -0.123. The number of benzene rings is 2. The van der Waals surface area contributed by atoms with E-state index in [1.807, 2.05) is 20.8 Å². The third-order valence-corrected chi connectivity index (χ3v) is 9.48. The van der Waals surface area contributed by atoms with E-state index in [0.29, 0.717) is 50.6 Å². The second-order valence-corrected chi connectivity index (χ2v) is 13.9. The Labute approximate surface area is 261 Å². The van der Waals surface area contributed by atoms with Crippen molar-refractivity contribution in [1.82, 2.24) is 10.6 Å². The Morgan fingerprint density at radius 2 is 1.81 bits per heavy atom. The van der Waals surface area contributed by atoms with Crippen molar-refractivity contribution in [3.63, 3.8) is 0 Å². The molecule has 1 unspecified atom stereocenters. The van der Waals surface area contributed by atoms with Crippen molar-refractivity contribution in [3.05, 3.63) is 63.1 Å². The van der Waals surface area contributed by atoms with Crippen molar-refractivity contribution in [2.75, 3.05) is 18.9 Å². The fourth-order valence-electron chi connectivity index (χ4n) is 6.94. The van der Waals surface area contributed by atoms with Crippen molar-refractivity contribution in [3.8, 4) is 0 Å². The van der Waals surface area contributed by atoms with Crippen LogP contribution in [0.15, 0.2) is 30.3 Å². The molecule has 236 valence electrons. The van der Waals surface area contributed by atoms with Crippen LogP contribution in [0.5, 0.6) is 0 Å². The summed E-state index contributed by atoms with van der Waals surface area (Å²) in [4.78, 5) is 27.5. The van der Waals surface area contributed by atoms with Gasteiger partial charge in [0.1, 0.15) is 17.9 Å². The lowest BCUT2D eigenvalue weighted by Gasteiger charge is -2.39. The number of carbonyl (C=O) groups excluding carboxylic acids is 2. The predicted molar refractivity (Wildman–Crippen MR) is 165 cm³/mol. The highest BCUT2D eigenvalue weighted by Gasteiger charge is 2.60. The van der Waals surface area contributed by atoms with Gasteiger partial charge in [-0.3, -0.25) is 4.79 Å². The van der Waals surface area contributed by atoms with Crippen LogP contribution in [0.1, 0.15) is 69.9 Å². The van der Waals surface area contributed by atoms with Crippen LogP contribution in [0.2, 0.25) is 10.0 Å². The number of aliphatic hydroxyl groups is 2. The molecular formula is C32H41Cl2F2N3O4. The molecule has 2 fully saturated rings. The number of aliphatic hydroxyl groups excluding tert-OH is 2. The highest BCUT2D eigenvalue weighted by molar-refractivity contribution is 6.31. The predicted octanol–water partition coefficient (Wildman–Crippen LogP) is 5.34. The van der Waals surface area contributed by atoms with Crippen molar-refractivity contribution in [2.45, 2.75) is 88.5 Å². The zero-order chi connectivity index (χ0) is 31.7.